The Morgan fingerprint density at radius 3 is 2.92 bits per heavy atom. The predicted molar refractivity (Wildman–Crippen MR) is 60.6 cm³/mol. The van der Waals surface area contributed by atoms with Gasteiger partial charge in [-0.15, -0.1) is 11.3 Å². The van der Waals surface area contributed by atoms with Gasteiger partial charge in [-0.2, -0.15) is 0 Å². The number of benzene rings is 1. The molecule has 1 aromatic heterocycles. The number of aromatic hydroxyl groups is 1. The number of thiophene rings is 1. The van der Waals surface area contributed by atoms with Gasteiger partial charge in [0.2, 0.25) is 0 Å². The quantitative estimate of drug-likeness (QED) is 0.733. The van der Waals surface area contributed by atoms with Gasteiger partial charge in [0.25, 0.3) is 0 Å². The summed E-state index contributed by atoms with van der Waals surface area (Å²) in [6.07, 6.45) is 0. The SMILES string of the molecule is Nc1csc2ccc(I)c(O)c12. The first-order valence-corrected chi connectivity index (χ1v) is 5.30. The van der Waals surface area contributed by atoms with E-state index in [0.29, 0.717) is 11.4 Å². The van der Waals surface area contributed by atoms with Gasteiger partial charge in [0.15, 0.2) is 0 Å². The number of hydrogen-bond donors (Lipinski definition) is 2. The van der Waals surface area contributed by atoms with Crippen LogP contribution >= 0.6 is 33.9 Å². The van der Waals surface area contributed by atoms with Crippen LogP contribution in [0.3, 0.4) is 0 Å². The third-order valence-corrected chi connectivity index (χ3v) is 3.53. The number of phenols is 1. The van der Waals surface area contributed by atoms with E-state index in [0.717, 1.165) is 13.7 Å². The number of nitrogen functional groups attached to an aromatic ring is 1. The molecule has 0 aliphatic rings. The maximum absolute atomic E-state index is 9.65. The van der Waals surface area contributed by atoms with Crippen molar-refractivity contribution in [2.24, 2.45) is 0 Å². The van der Waals surface area contributed by atoms with Crippen LogP contribution in [-0.2, 0) is 0 Å². The Balaban J connectivity index is 2.96. The van der Waals surface area contributed by atoms with E-state index in [4.69, 9.17) is 5.73 Å². The summed E-state index contributed by atoms with van der Waals surface area (Å²) in [4.78, 5) is 0. The van der Waals surface area contributed by atoms with Gasteiger partial charge < -0.3 is 10.8 Å². The van der Waals surface area contributed by atoms with Gasteiger partial charge in [-0.1, -0.05) is 0 Å². The first-order valence-electron chi connectivity index (χ1n) is 3.34. The fourth-order valence-corrected chi connectivity index (χ4v) is 2.41. The fourth-order valence-electron chi connectivity index (χ4n) is 1.11. The molecular weight excluding hydrogens is 285 g/mol. The van der Waals surface area contributed by atoms with Crippen molar-refractivity contribution in [2.45, 2.75) is 0 Å². The minimum atomic E-state index is 0.298. The molecule has 0 fully saturated rings. The van der Waals surface area contributed by atoms with Crippen LogP contribution < -0.4 is 5.73 Å². The lowest BCUT2D eigenvalue weighted by Gasteiger charge is -1.98. The number of fused-ring (bicyclic) bond motifs is 1. The van der Waals surface area contributed by atoms with E-state index < -0.39 is 0 Å². The summed E-state index contributed by atoms with van der Waals surface area (Å²) in [5.41, 5.74) is 6.35. The van der Waals surface area contributed by atoms with Gasteiger partial charge in [-0.3, -0.25) is 0 Å². The summed E-state index contributed by atoms with van der Waals surface area (Å²) in [6.45, 7) is 0. The van der Waals surface area contributed by atoms with Gasteiger partial charge in [0.05, 0.1) is 14.6 Å². The van der Waals surface area contributed by atoms with Crippen molar-refractivity contribution < 1.29 is 5.11 Å². The number of nitrogens with two attached hydrogens (primary N) is 1. The normalized spacial score (nSPS) is 10.8. The van der Waals surface area contributed by atoms with E-state index in [1.54, 1.807) is 11.3 Å². The zero-order valence-corrected chi connectivity index (χ0v) is 9.02. The van der Waals surface area contributed by atoms with E-state index in [-0.39, 0.29) is 0 Å². The number of anilines is 1. The molecule has 0 atom stereocenters. The van der Waals surface area contributed by atoms with Gasteiger partial charge in [0.1, 0.15) is 5.75 Å². The molecule has 4 heteroatoms. The monoisotopic (exact) mass is 291 g/mol. The molecule has 2 rings (SSSR count). The molecule has 0 amide bonds. The van der Waals surface area contributed by atoms with Crippen LogP contribution in [0.5, 0.6) is 5.75 Å². The highest BCUT2D eigenvalue weighted by molar-refractivity contribution is 14.1. The molecule has 0 saturated carbocycles. The highest BCUT2D eigenvalue weighted by atomic mass is 127. The van der Waals surface area contributed by atoms with Crippen LogP contribution in [0.1, 0.15) is 0 Å². The fraction of sp³-hybridized carbons (Fsp3) is 0. The minimum absolute atomic E-state index is 0.298. The summed E-state index contributed by atoms with van der Waals surface area (Å²) in [7, 11) is 0. The second kappa shape index (κ2) is 2.77. The molecule has 1 aromatic carbocycles. The molecule has 2 aromatic rings. The zero-order chi connectivity index (χ0) is 8.72. The number of phenolic OH excluding ortho intramolecular Hbond substituents is 1. The van der Waals surface area contributed by atoms with E-state index in [1.807, 2.05) is 17.5 Å². The lowest BCUT2D eigenvalue weighted by molar-refractivity contribution is 0.478. The standard InChI is InChI=1S/C8H6INOS/c9-4-1-2-6-7(8(4)11)5(10)3-12-6/h1-3,11H,10H2. The topological polar surface area (TPSA) is 46.2 Å². The van der Waals surface area contributed by atoms with Crippen molar-refractivity contribution >= 4 is 49.7 Å². The van der Waals surface area contributed by atoms with Gasteiger partial charge >= 0.3 is 0 Å². The molecule has 0 unspecified atom stereocenters. The lowest BCUT2D eigenvalue weighted by Crippen LogP contribution is -1.82. The first kappa shape index (κ1) is 8.12. The Labute approximate surface area is 87.1 Å². The molecule has 0 aliphatic carbocycles. The maximum Gasteiger partial charge on any atom is 0.139 e. The van der Waals surface area contributed by atoms with Gasteiger partial charge in [-0.05, 0) is 34.7 Å². The molecule has 0 bridgehead atoms. The van der Waals surface area contributed by atoms with Crippen LogP contribution in [0, 0.1) is 3.57 Å². The summed E-state index contributed by atoms with van der Waals surface area (Å²) >= 11 is 3.63. The van der Waals surface area contributed by atoms with Crippen LogP contribution in [0.4, 0.5) is 5.69 Å². The van der Waals surface area contributed by atoms with Gasteiger partial charge in [-0.25, -0.2) is 0 Å². The lowest BCUT2D eigenvalue weighted by atomic mass is 10.2. The Hall–Kier alpha value is -0.490. The largest absolute Gasteiger partial charge is 0.506 e. The number of halogens is 1. The van der Waals surface area contributed by atoms with Crippen LogP contribution in [0.25, 0.3) is 10.1 Å². The number of hydrogen-bond acceptors (Lipinski definition) is 3. The Morgan fingerprint density at radius 1 is 1.42 bits per heavy atom. The molecule has 2 nitrogen and oxygen atoms in total. The number of rotatable bonds is 0. The summed E-state index contributed by atoms with van der Waals surface area (Å²) in [5, 5.41) is 12.3. The maximum atomic E-state index is 9.65. The molecule has 12 heavy (non-hydrogen) atoms. The van der Waals surface area contributed by atoms with Crippen LogP contribution in [0.2, 0.25) is 0 Å². The van der Waals surface area contributed by atoms with Crippen molar-refractivity contribution in [2.75, 3.05) is 5.73 Å². The van der Waals surface area contributed by atoms with Crippen LogP contribution in [-0.4, -0.2) is 5.11 Å². The first-order chi connectivity index (χ1) is 5.70. The molecule has 62 valence electrons. The highest BCUT2D eigenvalue weighted by Crippen LogP contribution is 2.37. The molecule has 1 heterocycles. The molecule has 3 N–H and O–H groups in total. The van der Waals surface area contributed by atoms with E-state index in [9.17, 15) is 5.11 Å². The van der Waals surface area contributed by atoms with E-state index in [2.05, 4.69) is 22.6 Å². The predicted octanol–water partition coefficient (Wildman–Crippen LogP) is 2.79. The smallest absolute Gasteiger partial charge is 0.139 e. The third-order valence-electron chi connectivity index (χ3n) is 1.69. The summed E-state index contributed by atoms with van der Waals surface area (Å²) < 4.78 is 1.87. The average molecular weight is 291 g/mol. The highest BCUT2D eigenvalue weighted by Gasteiger charge is 2.08. The molecule has 0 spiro atoms. The van der Waals surface area contributed by atoms with Crippen molar-refractivity contribution in [1.82, 2.24) is 0 Å². The minimum Gasteiger partial charge on any atom is -0.506 e. The van der Waals surface area contributed by atoms with E-state index in [1.165, 1.54) is 0 Å². The van der Waals surface area contributed by atoms with E-state index >= 15 is 0 Å². The molecule has 0 saturated heterocycles. The van der Waals surface area contributed by atoms with Crippen molar-refractivity contribution in [3.63, 3.8) is 0 Å². The zero-order valence-electron chi connectivity index (χ0n) is 6.04. The van der Waals surface area contributed by atoms with Crippen molar-refractivity contribution in [3.8, 4) is 5.75 Å². The van der Waals surface area contributed by atoms with Crippen molar-refractivity contribution in [1.29, 1.82) is 0 Å². The Kier molecular flexibility index (Phi) is 1.88. The Morgan fingerprint density at radius 2 is 2.17 bits per heavy atom. The second-order valence-electron chi connectivity index (χ2n) is 2.46. The Bertz CT molecular complexity index is 438. The third kappa shape index (κ3) is 1.06. The average Bonchev–Trinajstić information content (AvgIpc) is 2.41. The van der Waals surface area contributed by atoms with Crippen molar-refractivity contribution in [3.05, 3.63) is 21.1 Å². The molecule has 0 aliphatic heterocycles. The second-order valence-corrected chi connectivity index (χ2v) is 4.53. The summed E-state index contributed by atoms with van der Waals surface area (Å²) in [5.74, 6) is 0.298. The molecular formula is C8H6INOS. The van der Waals surface area contributed by atoms with Gasteiger partial charge in [0, 0.05) is 10.1 Å². The molecule has 0 radical (unpaired) electrons. The summed E-state index contributed by atoms with van der Waals surface area (Å²) in [6, 6.07) is 3.85. The van der Waals surface area contributed by atoms with Crippen LogP contribution in [0.15, 0.2) is 17.5 Å².